The van der Waals surface area contributed by atoms with E-state index >= 15 is 0 Å². The largest absolute Gasteiger partial charge is 0.385 e. The topological polar surface area (TPSA) is 20.2 Å². The summed E-state index contributed by atoms with van der Waals surface area (Å²) in [7, 11) is 0. The van der Waals surface area contributed by atoms with E-state index in [9.17, 15) is 9.50 Å². The zero-order valence-electron chi connectivity index (χ0n) is 9.34. The minimum atomic E-state index is -1.06. The quantitative estimate of drug-likeness (QED) is 0.891. The Morgan fingerprint density at radius 3 is 2.75 bits per heavy atom. The summed E-state index contributed by atoms with van der Waals surface area (Å²) in [6, 6.07) is 5.08. The van der Waals surface area contributed by atoms with E-state index in [1.54, 1.807) is 25.1 Å². The molecule has 0 saturated heterocycles. The first-order chi connectivity index (χ1) is 7.50. The predicted octanol–water partition coefficient (Wildman–Crippen LogP) is 3.99. The van der Waals surface area contributed by atoms with Crippen molar-refractivity contribution in [1.29, 1.82) is 0 Å². The molecule has 1 atom stereocenters. The van der Waals surface area contributed by atoms with Crippen molar-refractivity contribution in [2.75, 3.05) is 0 Å². The predicted molar refractivity (Wildman–Crippen MR) is 65.6 cm³/mol. The number of benzene rings is 1. The van der Waals surface area contributed by atoms with Gasteiger partial charge < -0.3 is 5.11 Å². The van der Waals surface area contributed by atoms with Crippen LogP contribution in [0.2, 0.25) is 0 Å². The van der Waals surface area contributed by atoms with Crippen LogP contribution in [-0.2, 0) is 5.60 Å². The summed E-state index contributed by atoms with van der Waals surface area (Å²) in [6.45, 7) is 1.70. The van der Waals surface area contributed by atoms with Crippen LogP contribution in [0.4, 0.5) is 4.39 Å². The molecule has 1 fully saturated rings. The highest BCUT2D eigenvalue weighted by Gasteiger charge is 2.32. The molecule has 1 unspecified atom stereocenters. The Kier molecular flexibility index (Phi) is 3.36. The minimum absolute atomic E-state index is 0.341. The summed E-state index contributed by atoms with van der Waals surface area (Å²) >= 11 is 3.15. The molecule has 0 aromatic heterocycles. The Morgan fingerprint density at radius 2 is 2.19 bits per heavy atom. The second-order valence-electron chi connectivity index (χ2n) is 4.88. The van der Waals surface area contributed by atoms with E-state index in [4.69, 9.17) is 0 Å². The third kappa shape index (κ3) is 2.30. The van der Waals surface area contributed by atoms with E-state index in [1.165, 1.54) is 6.42 Å². The van der Waals surface area contributed by atoms with Crippen LogP contribution >= 0.6 is 15.9 Å². The monoisotopic (exact) mass is 286 g/mol. The smallest absolute Gasteiger partial charge is 0.143 e. The van der Waals surface area contributed by atoms with Gasteiger partial charge in [0.25, 0.3) is 0 Å². The molecule has 1 aliphatic carbocycles. The molecule has 0 radical (unpaired) electrons. The Bertz CT molecular complexity index is 386. The van der Waals surface area contributed by atoms with Gasteiger partial charge in [-0.2, -0.15) is 0 Å². The first-order valence-corrected chi connectivity index (χ1v) is 6.47. The summed E-state index contributed by atoms with van der Waals surface area (Å²) in [5.74, 6) is 0.209. The molecule has 0 amide bonds. The van der Waals surface area contributed by atoms with Gasteiger partial charge >= 0.3 is 0 Å². The molecule has 0 bridgehead atoms. The first kappa shape index (κ1) is 12.1. The molecule has 1 saturated carbocycles. The van der Waals surface area contributed by atoms with Crippen molar-refractivity contribution in [3.63, 3.8) is 0 Å². The van der Waals surface area contributed by atoms with Crippen LogP contribution in [0, 0.1) is 11.7 Å². The summed E-state index contributed by atoms with van der Waals surface area (Å²) in [5, 5.41) is 10.4. The number of rotatable bonds is 3. The standard InChI is InChI=1S/C13H16BrFO/c1-13(16,8-9-4-2-5-9)10-6-3-7-11(14)12(10)15/h3,6-7,9,16H,2,4-5,8H2,1H3. The van der Waals surface area contributed by atoms with Crippen LogP contribution in [0.3, 0.4) is 0 Å². The van der Waals surface area contributed by atoms with Crippen molar-refractivity contribution >= 4 is 15.9 Å². The van der Waals surface area contributed by atoms with Gasteiger partial charge in [0.2, 0.25) is 0 Å². The van der Waals surface area contributed by atoms with Gasteiger partial charge in [0.1, 0.15) is 5.82 Å². The minimum Gasteiger partial charge on any atom is -0.385 e. The maximum absolute atomic E-state index is 13.9. The molecule has 2 rings (SSSR count). The van der Waals surface area contributed by atoms with Crippen molar-refractivity contribution < 1.29 is 9.50 Å². The van der Waals surface area contributed by atoms with Crippen LogP contribution in [0.25, 0.3) is 0 Å². The summed E-state index contributed by atoms with van der Waals surface area (Å²) in [5.41, 5.74) is -0.660. The Morgan fingerprint density at radius 1 is 1.50 bits per heavy atom. The third-order valence-corrected chi connectivity index (χ3v) is 4.06. The molecule has 0 heterocycles. The van der Waals surface area contributed by atoms with Crippen LogP contribution in [0.5, 0.6) is 0 Å². The Hall–Kier alpha value is -0.410. The molecule has 0 spiro atoms. The van der Waals surface area contributed by atoms with Crippen molar-refractivity contribution in [1.82, 2.24) is 0 Å². The number of aliphatic hydroxyl groups is 1. The lowest BCUT2D eigenvalue weighted by molar-refractivity contribution is 0.0130. The lowest BCUT2D eigenvalue weighted by Crippen LogP contribution is -2.29. The summed E-state index contributed by atoms with van der Waals surface area (Å²) in [6.07, 6.45) is 4.21. The van der Waals surface area contributed by atoms with Crippen LogP contribution < -0.4 is 0 Å². The second kappa shape index (κ2) is 4.46. The molecule has 16 heavy (non-hydrogen) atoms. The van der Waals surface area contributed by atoms with Gasteiger partial charge in [-0.3, -0.25) is 0 Å². The average molecular weight is 287 g/mol. The van der Waals surface area contributed by atoms with Gasteiger partial charge in [-0.1, -0.05) is 31.4 Å². The molecule has 1 nitrogen and oxygen atoms in total. The molecule has 1 N–H and O–H groups in total. The van der Waals surface area contributed by atoms with E-state index in [0.29, 0.717) is 22.4 Å². The maximum Gasteiger partial charge on any atom is 0.143 e. The van der Waals surface area contributed by atoms with E-state index < -0.39 is 5.60 Å². The van der Waals surface area contributed by atoms with Gasteiger partial charge in [0, 0.05) is 5.56 Å². The summed E-state index contributed by atoms with van der Waals surface area (Å²) in [4.78, 5) is 0. The first-order valence-electron chi connectivity index (χ1n) is 5.67. The normalized spacial score (nSPS) is 20.2. The lowest BCUT2D eigenvalue weighted by Gasteiger charge is -2.34. The van der Waals surface area contributed by atoms with Crippen molar-refractivity contribution in [3.05, 3.63) is 34.1 Å². The Balaban J connectivity index is 2.23. The Labute approximate surface area is 104 Å². The zero-order chi connectivity index (χ0) is 11.8. The van der Waals surface area contributed by atoms with Crippen LogP contribution in [-0.4, -0.2) is 5.11 Å². The van der Waals surface area contributed by atoms with Gasteiger partial charge in [0.05, 0.1) is 10.1 Å². The fraction of sp³-hybridized carbons (Fsp3) is 0.538. The summed E-state index contributed by atoms with van der Waals surface area (Å²) < 4.78 is 14.3. The third-order valence-electron chi connectivity index (χ3n) is 3.44. The fourth-order valence-electron chi connectivity index (χ4n) is 2.29. The van der Waals surface area contributed by atoms with Crippen molar-refractivity contribution in [2.45, 2.75) is 38.2 Å². The number of hydrogen-bond donors (Lipinski definition) is 1. The van der Waals surface area contributed by atoms with Gasteiger partial charge in [-0.25, -0.2) is 4.39 Å². The van der Waals surface area contributed by atoms with E-state index in [-0.39, 0.29) is 5.82 Å². The highest BCUT2D eigenvalue weighted by Crippen LogP contribution is 2.39. The lowest BCUT2D eigenvalue weighted by atomic mass is 9.76. The number of halogens is 2. The van der Waals surface area contributed by atoms with Crippen LogP contribution in [0.1, 0.15) is 38.2 Å². The van der Waals surface area contributed by atoms with E-state index in [0.717, 1.165) is 12.8 Å². The fourth-order valence-corrected chi connectivity index (χ4v) is 2.65. The molecular weight excluding hydrogens is 271 g/mol. The molecule has 1 aromatic rings. The van der Waals surface area contributed by atoms with Crippen molar-refractivity contribution in [2.24, 2.45) is 5.92 Å². The molecule has 1 aromatic carbocycles. The van der Waals surface area contributed by atoms with Gasteiger partial charge in [0.15, 0.2) is 0 Å². The molecule has 1 aliphatic rings. The van der Waals surface area contributed by atoms with Crippen molar-refractivity contribution in [3.8, 4) is 0 Å². The number of hydrogen-bond acceptors (Lipinski definition) is 1. The van der Waals surface area contributed by atoms with Gasteiger partial charge in [-0.05, 0) is 41.3 Å². The maximum atomic E-state index is 13.9. The highest BCUT2D eigenvalue weighted by molar-refractivity contribution is 9.10. The van der Waals surface area contributed by atoms with E-state index in [1.807, 2.05) is 0 Å². The average Bonchev–Trinajstić information content (AvgIpc) is 2.16. The molecule has 88 valence electrons. The van der Waals surface area contributed by atoms with E-state index in [2.05, 4.69) is 15.9 Å². The molecular formula is C13H16BrFO. The highest BCUT2D eigenvalue weighted by atomic mass is 79.9. The SMILES string of the molecule is CC(O)(CC1CCC1)c1cccc(Br)c1F. The molecule has 3 heteroatoms. The van der Waals surface area contributed by atoms with Crippen LogP contribution in [0.15, 0.2) is 22.7 Å². The second-order valence-corrected chi connectivity index (χ2v) is 5.73. The van der Waals surface area contributed by atoms with Gasteiger partial charge in [-0.15, -0.1) is 0 Å². The molecule has 0 aliphatic heterocycles. The zero-order valence-corrected chi connectivity index (χ0v) is 10.9.